The summed E-state index contributed by atoms with van der Waals surface area (Å²) in [5.74, 6) is -0.232. The lowest BCUT2D eigenvalue weighted by Gasteiger charge is -2.27. The molecule has 11 nitrogen and oxygen atoms in total. The van der Waals surface area contributed by atoms with E-state index in [1.165, 1.54) is 10.5 Å². The first kappa shape index (κ1) is 29.5. The standard InChI is InChI=1S/C28H36N4O7S/c1-17(2)13-22(31-27(35)25-15-19-14-20(38-4)9-10-24(19)39-25)26(34)30-21-8-6-12-32(16-23(21)33)40(36,37)28-18(3)7-5-11-29-28/h5,7,9-11,14-15,17,21-23,33H,6,8,12-13,16H2,1-4H3,(H,30,34)(H,31,35)/t21?,22?,23-/m0/s1. The normalized spacial score (nSPS) is 19.2. The quantitative estimate of drug-likeness (QED) is 0.354. The predicted molar refractivity (Wildman–Crippen MR) is 148 cm³/mol. The maximum absolute atomic E-state index is 13.3. The second-order valence-corrected chi connectivity index (χ2v) is 12.3. The Labute approximate surface area is 234 Å². The monoisotopic (exact) mass is 572 g/mol. The number of aromatic nitrogens is 1. The second-order valence-electron chi connectivity index (χ2n) is 10.5. The number of aliphatic hydroxyl groups excluding tert-OH is 1. The SMILES string of the molecule is COc1ccc2oc(C(=O)NC(CC(C)C)C(=O)NC3CCCN(S(=O)(=O)c4ncccc4C)C[C@@H]3O)cc2c1. The molecule has 4 rings (SSSR count). The van der Waals surface area contributed by atoms with Crippen molar-refractivity contribution < 1.29 is 32.3 Å². The van der Waals surface area contributed by atoms with Crippen molar-refractivity contribution in [3.8, 4) is 5.75 Å². The van der Waals surface area contributed by atoms with Crippen LogP contribution in [-0.2, 0) is 14.8 Å². The van der Waals surface area contributed by atoms with Gasteiger partial charge in [0, 0.05) is 24.7 Å². The Morgan fingerprint density at radius 3 is 2.73 bits per heavy atom. The molecule has 2 aromatic heterocycles. The van der Waals surface area contributed by atoms with Gasteiger partial charge in [-0.05, 0) is 68.0 Å². The van der Waals surface area contributed by atoms with Crippen LogP contribution in [0.5, 0.6) is 5.75 Å². The number of nitrogens with one attached hydrogen (secondary N) is 2. The summed E-state index contributed by atoms with van der Waals surface area (Å²) in [5, 5.41) is 17.2. The fourth-order valence-corrected chi connectivity index (χ4v) is 6.47. The summed E-state index contributed by atoms with van der Waals surface area (Å²) >= 11 is 0. The van der Waals surface area contributed by atoms with Crippen LogP contribution in [0.15, 0.2) is 52.0 Å². The summed E-state index contributed by atoms with van der Waals surface area (Å²) < 4.78 is 38.6. The molecule has 0 saturated carbocycles. The number of methoxy groups -OCH3 is 1. The van der Waals surface area contributed by atoms with Crippen LogP contribution in [0.3, 0.4) is 0 Å². The van der Waals surface area contributed by atoms with E-state index in [0.29, 0.717) is 41.5 Å². The molecule has 0 spiro atoms. The van der Waals surface area contributed by atoms with Gasteiger partial charge in [0.2, 0.25) is 5.91 Å². The first-order chi connectivity index (χ1) is 19.0. The number of carbonyl (C=O) groups excluding carboxylic acids is 2. The number of aliphatic hydroxyl groups is 1. The average molecular weight is 573 g/mol. The number of β-amino-alcohol motifs (C(OH)–C–C–N with tert-alkyl or cyclic N) is 1. The van der Waals surface area contributed by atoms with Crippen LogP contribution in [0, 0.1) is 12.8 Å². The summed E-state index contributed by atoms with van der Waals surface area (Å²) in [6.45, 7) is 5.53. The third kappa shape index (κ3) is 6.62. The van der Waals surface area contributed by atoms with Gasteiger partial charge in [-0.15, -0.1) is 0 Å². The van der Waals surface area contributed by atoms with E-state index in [1.54, 1.807) is 50.4 Å². The topological polar surface area (TPSA) is 151 Å². The van der Waals surface area contributed by atoms with E-state index in [1.807, 2.05) is 13.8 Å². The van der Waals surface area contributed by atoms with Gasteiger partial charge >= 0.3 is 0 Å². The number of pyridine rings is 1. The van der Waals surface area contributed by atoms with Crippen LogP contribution in [0.25, 0.3) is 11.0 Å². The molecule has 12 heteroatoms. The number of sulfonamides is 1. The highest BCUT2D eigenvalue weighted by atomic mass is 32.2. The molecule has 0 aliphatic carbocycles. The first-order valence-corrected chi connectivity index (χ1v) is 14.7. The number of aryl methyl sites for hydroxylation is 1. The number of nitrogens with zero attached hydrogens (tertiary/aromatic N) is 2. The largest absolute Gasteiger partial charge is 0.497 e. The zero-order valence-electron chi connectivity index (χ0n) is 23.1. The van der Waals surface area contributed by atoms with Gasteiger partial charge in [-0.2, -0.15) is 4.31 Å². The molecule has 1 aliphatic rings. The lowest BCUT2D eigenvalue weighted by molar-refractivity contribution is -0.125. The van der Waals surface area contributed by atoms with E-state index in [4.69, 9.17) is 9.15 Å². The van der Waals surface area contributed by atoms with Gasteiger partial charge in [0.15, 0.2) is 10.8 Å². The van der Waals surface area contributed by atoms with Gasteiger partial charge < -0.3 is 24.9 Å². The minimum absolute atomic E-state index is 0.0478. The summed E-state index contributed by atoms with van der Waals surface area (Å²) in [6, 6.07) is 8.52. The van der Waals surface area contributed by atoms with Crippen LogP contribution in [0.4, 0.5) is 0 Å². The summed E-state index contributed by atoms with van der Waals surface area (Å²) in [7, 11) is -2.37. The molecular formula is C28H36N4O7S. The number of ether oxygens (including phenoxy) is 1. The molecule has 2 amide bonds. The van der Waals surface area contributed by atoms with Crippen molar-refractivity contribution >= 4 is 32.8 Å². The number of hydrogen-bond donors (Lipinski definition) is 3. The summed E-state index contributed by atoms with van der Waals surface area (Å²) in [4.78, 5) is 30.4. The van der Waals surface area contributed by atoms with E-state index in [0.717, 1.165) is 0 Å². The van der Waals surface area contributed by atoms with Crippen LogP contribution in [-0.4, -0.2) is 73.0 Å². The number of rotatable bonds is 9. The number of furan rings is 1. The Hall–Kier alpha value is -3.48. The van der Waals surface area contributed by atoms with E-state index in [-0.39, 0.29) is 29.8 Å². The number of carbonyl (C=O) groups is 2. The molecule has 40 heavy (non-hydrogen) atoms. The molecule has 2 unspecified atom stereocenters. The van der Waals surface area contributed by atoms with Crippen LogP contribution in [0.2, 0.25) is 0 Å². The average Bonchev–Trinajstić information content (AvgIpc) is 3.25. The fourth-order valence-electron chi connectivity index (χ4n) is 4.83. The summed E-state index contributed by atoms with van der Waals surface area (Å²) in [5.41, 5.74) is 1.03. The van der Waals surface area contributed by atoms with Crippen molar-refractivity contribution in [2.24, 2.45) is 5.92 Å². The molecule has 3 atom stereocenters. The van der Waals surface area contributed by atoms with E-state index in [9.17, 15) is 23.1 Å². The van der Waals surface area contributed by atoms with Crippen LogP contribution < -0.4 is 15.4 Å². The molecule has 3 aromatic rings. The Kier molecular flexibility index (Phi) is 9.12. The Morgan fingerprint density at radius 2 is 2.02 bits per heavy atom. The van der Waals surface area contributed by atoms with Crippen LogP contribution >= 0.6 is 0 Å². The minimum atomic E-state index is -3.92. The molecule has 216 valence electrons. The molecule has 3 heterocycles. The second kappa shape index (κ2) is 12.4. The Morgan fingerprint density at radius 1 is 1.25 bits per heavy atom. The molecule has 1 aliphatic heterocycles. The van der Waals surface area contributed by atoms with Crippen molar-refractivity contribution in [1.82, 2.24) is 19.9 Å². The molecule has 1 fully saturated rings. The van der Waals surface area contributed by atoms with Gasteiger partial charge in [0.05, 0.1) is 19.3 Å². The lowest BCUT2D eigenvalue weighted by atomic mass is 10.0. The number of hydrogen-bond acceptors (Lipinski definition) is 8. The highest BCUT2D eigenvalue weighted by Gasteiger charge is 2.35. The zero-order chi connectivity index (χ0) is 29.0. The van der Waals surface area contributed by atoms with Gasteiger partial charge in [0.1, 0.15) is 17.4 Å². The maximum Gasteiger partial charge on any atom is 0.287 e. The number of benzene rings is 1. The van der Waals surface area contributed by atoms with Crippen molar-refractivity contribution in [3.63, 3.8) is 0 Å². The molecule has 1 saturated heterocycles. The van der Waals surface area contributed by atoms with Gasteiger partial charge in [0.25, 0.3) is 15.9 Å². The molecule has 0 bridgehead atoms. The van der Waals surface area contributed by atoms with Crippen LogP contribution in [0.1, 0.15) is 49.2 Å². The van der Waals surface area contributed by atoms with Gasteiger partial charge in [-0.1, -0.05) is 19.9 Å². The Bertz CT molecular complexity index is 1470. The predicted octanol–water partition coefficient (Wildman–Crippen LogP) is 2.62. The first-order valence-electron chi connectivity index (χ1n) is 13.3. The van der Waals surface area contributed by atoms with Crippen molar-refractivity contribution in [3.05, 3.63) is 53.9 Å². The fraction of sp³-hybridized carbons (Fsp3) is 0.464. The summed E-state index contributed by atoms with van der Waals surface area (Å²) in [6.07, 6.45) is 1.42. The molecule has 3 N–H and O–H groups in total. The lowest BCUT2D eigenvalue weighted by Crippen LogP contribution is -2.54. The third-order valence-electron chi connectivity index (χ3n) is 6.93. The van der Waals surface area contributed by atoms with Gasteiger partial charge in [-0.25, -0.2) is 13.4 Å². The zero-order valence-corrected chi connectivity index (χ0v) is 23.9. The van der Waals surface area contributed by atoms with Crippen molar-refractivity contribution in [1.29, 1.82) is 0 Å². The highest BCUT2D eigenvalue weighted by molar-refractivity contribution is 7.89. The highest BCUT2D eigenvalue weighted by Crippen LogP contribution is 2.25. The number of fused-ring (bicyclic) bond motifs is 1. The van der Waals surface area contributed by atoms with Crippen molar-refractivity contribution in [2.75, 3.05) is 20.2 Å². The minimum Gasteiger partial charge on any atom is -0.497 e. The molecule has 1 aromatic carbocycles. The van der Waals surface area contributed by atoms with E-state index < -0.39 is 40.0 Å². The smallest absolute Gasteiger partial charge is 0.287 e. The van der Waals surface area contributed by atoms with Crippen molar-refractivity contribution in [2.45, 2.75) is 63.2 Å². The van der Waals surface area contributed by atoms with Gasteiger partial charge in [-0.3, -0.25) is 9.59 Å². The maximum atomic E-state index is 13.3. The van der Waals surface area contributed by atoms with E-state index in [2.05, 4.69) is 15.6 Å². The third-order valence-corrected chi connectivity index (χ3v) is 8.85. The molecular weight excluding hydrogens is 536 g/mol. The van der Waals surface area contributed by atoms with E-state index >= 15 is 0 Å². The Balaban J connectivity index is 1.45. The number of amides is 2. The molecule has 0 radical (unpaired) electrons.